The van der Waals surface area contributed by atoms with Gasteiger partial charge in [0.2, 0.25) is 10.0 Å². The SMILES string of the molecule is O=C(NCC(F)(F)F)c1ccc(S(=O)(=O)N(CCc2ccccc2)Cc2cccs2)cc1. The zero-order valence-corrected chi connectivity index (χ0v) is 18.5. The van der Waals surface area contributed by atoms with Crippen molar-refractivity contribution >= 4 is 27.3 Å². The van der Waals surface area contributed by atoms with Crippen molar-refractivity contribution in [3.05, 3.63) is 88.1 Å². The maximum atomic E-state index is 13.3. The van der Waals surface area contributed by atoms with Crippen molar-refractivity contribution in [3.8, 4) is 0 Å². The Morgan fingerprint density at radius 2 is 1.66 bits per heavy atom. The molecule has 5 nitrogen and oxygen atoms in total. The quantitative estimate of drug-likeness (QED) is 0.489. The highest BCUT2D eigenvalue weighted by molar-refractivity contribution is 7.89. The Kier molecular flexibility index (Phi) is 7.70. The first kappa shape index (κ1) is 24.0. The second-order valence-corrected chi connectivity index (χ2v) is 9.95. The normalized spacial score (nSPS) is 12.1. The van der Waals surface area contributed by atoms with E-state index in [2.05, 4.69) is 0 Å². The Balaban J connectivity index is 1.78. The first-order valence-electron chi connectivity index (χ1n) is 9.66. The van der Waals surface area contributed by atoms with E-state index in [4.69, 9.17) is 0 Å². The highest BCUT2D eigenvalue weighted by Gasteiger charge is 2.28. The third-order valence-electron chi connectivity index (χ3n) is 4.61. The number of carbonyl (C=O) groups is 1. The lowest BCUT2D eigenvalue weighted by atomic mass is 10.1. The molecule has 0 radical (unpaired) electrons. The van der Waals surface area contributed by atoms with Crippen LogP contribution in [0.25, 0.3) is 0 Å². The summed E-state index contributed by atoms with van der Waals surface area (Å²) in [5.41, 5.74) is 0.942. The fourth-order valence-electron chi connectivity index (χ4n) is 2.97. The second kappa shape index (κ2) is 10.3. The van der Waals surface area contributed by atoms with Gasteiger partial charge in [0, 0.05) is 23.5 Å². The summed E-state index contributed by atoms with van der Waals surface area (Å²) in [6, 6.07) is 18.1. The lowest BCUT2D eigenvalue weighted by Crippen LogP contribution is -2.34. The van der Waals surface area contributed by atoms with E-state index >= 15 is 0 Å². The maximum Gasteiger partial charge on any atom is 0.405 e. The third-order valence-corrected chi connectivity index (χ3v) is 7.33. The van der Waals surface area contributed by atoms with Crippen molar-refractivity contribution in [2.24, 2.45) is 0 Å². The van der Waals surface area contributed by atoms with Gasteiger partial charge in [0.15, 0.2) is 0 Å². The van der Waals surface area contributed by atoms with Gasteiger partial charge in [0.25, 0.3) is 5.91 Å². The highest BCUT2D eigenvalue weighted by atomic mass is 32.2. The van der Waals surface area contributed by atoms with Gasteiger partial charge in [-0.3, -0.25) is 4.79 Å². The van der Waals surface area contributed by atoms with Gasteiger partial charge in [0.1, 0.15) is 6.54 Å². The number of hydrogen-bond acceptors (Lipinski definition) is 4. The fourth-order valence-corrected chi connectivity index (χ4v) is 5.19. The summed E-state index contributed by atoms with van der Waals surface area (Å²) in [6.07, 6.45) is -4.01. The van der Waals surface area contributed by atoms with Crippen LogP contribution in [0.3, 0.4) is 0 Å². The van der Waals surface area contributed by atoms with Crippen LogP contribution in [-0.2, 0) is 23.0 Å². The predicted octanol–water partition coefficient (Wildman–Crippen LogP) is 4.47. The molecule has 0 aliphatic rings. The van der Waals surface area contributed by atoms with Crippen LogP contribution >= 0.6 is 11.3 Å². The zero-order chi connectivity index (χ0) is 23.2. The Bertz CT molecular complexity index is 1120. The Hall–Kier alpha value is -2.69. The zero-order valence-electron chi connectivity index (χ0n) is 16.9. The van der Waals surface area contributed by atoms with Gasteiger partial charge in [-0.15, -0.1) is 11.3 Å². The third kappa shape index (κ3) is 6.65. The number of hydrogen-bond donors (Lipinski definition) is 1. The molecule has 0 aliphatic carbocycles. The molecule has 1 aromatic heterocycles. The van der Waals surface area contributed by atoms with Crippen molar-refractivity contribution in [2.75, 3.05) is 13.1 Å². The van der Waals surface area contributed by atoms with E-state index in [1.807, 2.05) is 47.8 Å². The number of alkyl halides is 3. The predicted molar refractivity (Wildman–Crippen MR) is 117 cm³/mol. The van der Waals surface area contributed by atoms with Gasteiger partial charge in [-0.05, 0) is 47.7 Å². The Morgan fingerprint density at radius 3 is 2.25 bits per heavy atom. The molecule has 0 saturated heterocycles. The molecule has 1 N–H and O–H groups in total. The topological polar surface area (TPSA) is 66.5 Å². The lowest BCUT2D eigenvalue weighted by Gasteiger charge is -2.22. The molecule has 10 heteroatoms. The van der Waals surface area contributed by atoms with E-state index in [-0.39, 0.29) is 23.5 Å². The summed E-state index contributed by atoms with van der Waals surface area (Å²) >= 11 is 1.45. The van der Waals surface area contributed by atoms with Crippen LogP contribution in [0.4, 0.5) is 13.2 Å². The van der Waals surface area contributed by atoms with E-state index in [0.717, 1.165) is 10.4 Å². The van der Waals surface area contributed by atoms with E-state index in [0.29, 0.717) is 6.42 Å². The van der Waals surface area contributed by atoms with Crippen molar-refractivity contribution < 1.29 is 26.4 Å². The van der Waals surface area contributed by atoms with Crippen molar-refractivity contribution in [3.63, 3.8) is 0 Å². The van der Waals surface area contributed by atoms with Crippen molar-refractivity contribution in [1.82, 2.24) is 9.62 Å². The van der Waals surface area contributed by atoms with E-state index in [1.54, 1.807) is 5.32 Å². The first-order valence-corrected chi connectivity index (χ1v) is 12.0. The molecular weight excluding hydrogens is 461 g/mol. The smallest absolute Gasteiger partial charge is 0.343 e. The number of sulfonamides is 1. The van der Waals surface area contributed by atoms with E-state index < -0.39 is 28.7 Å². The summed E-state index contributed by atoms with van der Waals surface area (Å²) in [7, 11) is -3.90. The summed E-state index contributed by atoms with van der Waals surface area (Å²) in [6.45, 7) is -1.02. The maximum absolute atomic E-state index is 13.3. The fraction of sp³-hybridized carbons (Fsp3) is 0.227. The van der Waals surface area contributed by atoms with Crippen LogP contribution in [-0.4, -0.2) is 37.9 Å². The number of amides is 1. The number of benzene rings is 2. The molecule has 0 spiro atoms. The standard InChI is InChI=1S/C22H21F3N2O3S2/c23-22(24,25)16-26-21(28)18-8-10-20(11-9-18)32(29,30)27(15-19-7-4-14-31-19)13-12-17-5-2-1-3-6-17/h1-11,14H,12-13,15-16H2,(H,26,28). The number of carbonyl (C=O) groups excluding carboxylic acids is 1. The molecule has 3 aromatic rings. The van der Waals surface area contributed by atoms with E-state index in [9.17, 15) is 26.4 Å². The van der Waals surface area contributed by atoms with Gasteiger partial charge in [-0.2, -0.15) is 17.5 Å². The van der Waals surface area contributed by atoms with E-state index in [1.165, 1.54) is 39.9 Å². The van der Waals surface area contributed by atoms with Crippen LogP contribution in [0.5, 0.6) is 0 Å². The van der Waals surface area contributed by atoms with Gasteiger partial charge >= 0.3 is 6.18 Å². The number of halogens is 3. The highest BCUT2D eigenvalue weighted by Crippen LogP contribution is 2.22. The summed E-state index contributed by atoms with van der Waals surface area (Å²) < 4.78 is 64.8. The summed E-state index contributed by atoms with van der Waals surface area (Å²) in [5, 5.41) is 3.63. The largest absolute Gasteiger partial charge is 0.405 e. The Labute approximate surface area is 188 Å². The van der Waals surface area contributed by atoms with Crippen LogP contribution < -0.4 is 5.32 Å². The lowest BCUT2D eigenvalue weighted by molar-refractivity contribution is -0.123. The number of rotatable bonds is 9. The molecule has 0 fully saturated rings. The average molecular weight is 483 g/mol. The molecule has 1 heterocycles. The summed E-state index contributed by atoms with van der Waals surface area (Å²) in [5.74, 6) is -0.925. The number of nitrogens with one attached hydrogen (secondary N) is 1. The van der Waals surface area contributed by atoms with Crippen LogP contribution in [0.1, 0.15) is 20.8 Å². The minimum absolute atomic E-state index is 0.0329. The van der Waals surface area contributed by atoms with Gasteiger partial charge in [-0.1, -0.05) is 36.4 Å². The molecule has 0 unspecified atom stereocenters. The van der Waals surface area contributed by atoms with Gasteiger partial charge < -0.3 is 5.32 Å². The molecule has 2 aromatic carbocycles. The molecule has 0 aliphatic heterocycles. The first-order chi connectivity index (χ1) is 15.1. The molecule has 1 amide bonds. The molecule has 0 atom stereocenters. The molecule has 3 rings (SSSR count). The van der Waals surface area contributed by atoms with Crippen LogP contribution in [0, 0.1) is 0 Å². The molecule has 170 valence electrons. The van der Waals surface area contributed by atoms with Crippen molar-refractivity contribution in [2.45, 2.75) is 24.0 Å². The monoisotopic (exact) mass is 482 g/mol. The van der Waals surface area contributed by atoms with Crippen LogP contribution in [0.15, 0.2) is 77.0 Å². The van der Waals surface area contributed by atoms with Crippen molar-refractivity contribution in [1.29, 1.82) is 0 Å². The molecule has 0 bridgehead atoms. The molecule has 0 saturated carbocycles. The van der Waals surface area contributed by atoms with Crippen LogP contribution in [0.2, 0.25) is 0 Å². The molecule has 32 heavy (non-hydrogen) atoms. The summed E-state index contributed by atoms with van der Waals surface area (Å²) in [4.78, 5) is 12.7. The number of thiophene rings is 1. The minimum Gasteiger partial charge on any atom is -0.343 e. The Morgan fingerprint density at radius 1 is 0.969 bits per heavy atom. The van der Waals surface area contributed by atoms with Gasteiger partial charge in [-0.25, -0.2) is 8.42 Å². The minimum atomic E-state index is -4.53. The molecular formula is C22H21F3N2O3S2. The van der Waals surface area contributed by atoms with Gasteiger partial charge in [0.05, 0.1) is 4.90 Å². The average Bonchev–Trinajstić information content (AvgIpc) is 3.28. The number of nitrogens with zero attached hydrogens (tertiary/aromatic N) is 1. The second-order valence-electron chi connectivity index (χ2n) is 6.98.